The van der Waals surface area contributed by atoms with Crippen molar-refractivity contribution in [1.82, 2.24) is 5.32 Å². The van der Waals surface area contributed by atoms with E-state index in [9.17, 15) is 4.79 Å². The van der Waals surface area contributed by atoms with E-state index in [1.165, 1.54) is 0 Å². The summed E-state index contributed by atoms with van der Waals surface area (Å²) in [6.45, 7) is 0. The third-order valence-electron chi connectivity index (χ3n) is 1.49. The van der Waals surface area contributed by atoms with Crippen LogP contribution in [0.5, 0.6) is 0 Å². The summed E-state index contributed by atoms with van der Waals surface area (Å²) >= 11 is 4.12. The van der Waals surface area contributed by atoms with Gasteiger partial charge in [0, 0.05) is 17.6 Å². The fourth-order valence-corrected chi connectivity index (χ4v) is 1.20. The molecular formula is C8H10N2OS. The molecule has 3 nitrogen and oxygen atoms in total. The predicted octanol–water partition coefficient (Wildman–Crippen LogP) is 0.917. The number of nitrogen functional groups attached to an aromatic ring is 1. The van der Waals surface area contributed by atoms with Crippen LogP contribution in [-0.2, 0) is 0 Å². The van der Waals surface area contributed by atoms with Crippen molar-refractivity contribution >= 4 is 24.2 Å². The molecule has 0 saturated carbocycles. The molecular weight excluding hydrogens is 172 g/mol. The predicted molar refractivity (Wildman–Crippen MR) is 51.5 cm³/mol. The van der Waals surface area contributed by atoms with Crippen LogP contribution in [0.2, 0.25) is 0 Å². The second kappa shape index (κ2) is 3.49. The van der Waals surface area contributed by atoms with Crippen LogP contribution in [0.4, 0.5) is 5.69 Å². The molecule has 0 atom stereocenters. The number of anilines is 1. The van der Waals surface area contributed by atoms with Gasteiger partial charge >= 0.3 is 0 Å². The Morgan fingerprint density at radius 2 is 2.25 bits per heavy atom. The van der Waals surface area contributed by atoms with Crippen molar-refractivity contribution in [2.24, 2.45) is 0 Å². The topological polar surface area (TPSA) is 55.1 Å². The molecule has 0 fully saturated rings. The third-order valence-corrected chi connectivity index (χ3v) is 1.86. The summed E-state index contributed by atoms with van der Waals surface area (Å²) in [5, 5.41) is 2.51. The molecule has 0 spiro atoms. The Hall–Kier alpha value is -1.16. The lowest BCUT2D eigenvalue weighted by molar-refractivity contribution is 0.0960. The van der Waals surface area contributed by atoms with Gasteiger partial charge in [0.1, 0.15) is 0 Å². The molecule has 1 aromatic carbocycles. The molecule has 0 heterocycles. The van der Waals surface area contributed by atoms with E-state index in [0.717, 1.165) is 0 Å². The van der Waals surface area contributed by atoms with Crippen LogP contribution in [0.1, 0.15) is 10.4 Å². The maximum atomic E-state index is 11.1. The Labute approximate surface area is 76.4 Å². The number of hydrogen-bond donors (Lipinski definition) is 3. The minimum Gasteiger partial charge on any atom is -0.399 e. The van der Waals surface area contributed by atoms with Crippen LogP contribution in [0.3, 0.4) is 0 Å². The maximum absolute atomic E-state index is 11.1. The largest absolute Gasteiger partial charge is 0.399 e. The molecule has 0 radical (unpaired) electrons. The van der Waals surface area contributed by atoms with E-state index in [1.807, 2.05) is 0 Å². The maximum Gasteiger partial charge on any atom is 0.252 e. The Bertz CT molecular complexity index is 312. The van der Waals surface area contributed by atoms with Crippen molar-refractivity contribution in [2.75, 3.05) is 12.8 Å². The second-order valence-corrected chi connectivity index (χ2v) is 2.84. The van der Waals surface area contributed by atoms with E-state index in [0.29, 0.717) is 16.1 Å². The lowest BCUT2D eigenvalue weighted by Gasteiger charge is -2.03. The van der Waals surface area contributed by atoms with Gasteiger partial charge in [-0.1, -0.05) is 0 Å². The zero-order chi connectivity index (χ0) is 9.14. The van der Waals surface area contributed by atoms with E-state index in [1.54, 1.807) is 25.2 Å². The fraction of sp³-hybridized carbons (Fsp3) is 0.125. The van der Waals surface area contributed by atoms with E-state index in [-0.39, 0.29) is 5.91 Å². The molecule has 0 saturated heterocycles. The highest BCUT2D eigenvalue weighted by Crippen LogP contribution is 2.16. The van der Waals surface area contributed by atoms with E-state index < -0.39 is 0 Å². The normalized spacial score (nSPS) is 9.50. The molecule has 64 valence electrons. The van der Waals surface area contributed by atoms with Crippen LogP contribution in [0, 0.1) is 0 Å². The van der Waals surface area contributed by atoms with Gasteiger partial charge < -0.3 is 11.1 Å². The van der Waals surface area contributed by atoms with Crippen molar-refractivity contribution in [3.8, 4) is 0 Å². The van der Waals surface area contributed by atoms with Gasteiger partial charge in [-0.15, -0.1) is 12.6 Å². The number of benzene rings is 1. The Balaban J connectivity index is 3.09. The van der Waals surface area contributed by atoms with Crippen molar-refractivity contribution in [1.29, 1.82) is 0 Å². The van der Waals surface area contributed by atoms with Gasteiger partial charge in [-0.05, 0) is 18.2 Å². The summed E-state index contributed by atoms with van der Waals surface area (Å²) in [6.07, 6.45) is 0. The van der Waals surface area contributed by atoms with E-state index in [2.05, 4.69) is 17.9 Å². The molecule has 1 amide bonds. The molecule has 1 rings (SSSR count). The van der Waals surface area contributed by atoms with Crippen molar-refractivity contribution in [3.05, 3.63) is 23.8 Å². The van der Waals surface area contributed by atoms with Crippen molar-refractivity contribution in [2.45, 2.75) is 4.90 Å². The summed E-state index contributed by atoms with van der Waals surface area (Å²) in [5.74, 6) is -0.153. The first-order valence-electron chi connectivity index (χ1n) is 3.45. The van der Waals surface area contributed by atoms with Crippen molar-refractivity contribution < 1.29 is 4.79 Å². The van der Waals surface area contributed by atoms with Crippen LogP contribution in [0.15, 0.2) is 23.1 Å². The van der Waals surface area contributed by atoms with Gasteiger partial charge in [-0.25, -0.2) is 0 Å². The first kappa shape index (κ1) is 8.93. The van der Waals surface area contributed by atoms with Gasteiger partial charge in [0.15, 0.2) is 0 Å². The highest BCUT2D eigenvalue weighted by atomic mass is 32.1. The molecule has 1 aromatic rings. The Morgan fingerprint density at radius 3 is 2.75 bits per heavy atom. The number of amides is 1. The van der Waals surface area contributed by atoms with Crippen molar-refractivity contribution in [3.63, 3.8) is 0 Å². The van der Waals surface area contributed by atoms with Gasteiger partial charge in [0.25, 0.3) is 5.91 Å². The number of carbonyl (C=O) groups excluding carboxylic acids is 1. The number of nitrogens with one attached hydrogen (secondary N) is 1. The lowest BCUT2D eigenvalue weighted by Crippen LogP contribution is -2.18. The lowest BCUT2D eigenvalue weighted by atomic mass is 10.2. The molecule has 0 bridgehead atoms. The monoisotopic (exact) mass is 182 g/mol. The number of nitrogens with two attached hydrogens (primary N) is 1. The summed E-state index contributed by atoms with van der Waals surface area (Å²) < 4.78 is 0. The molecule has 0 aromatic heterocycles. The van der Waals surface area contributed by atoms with E-state index >= 15 is 0 Å². The minimum absolute atomic E-state index is 0.153. The highest BCUT2D eigenvalue weighted by molar-refractivity contribution is 7.80. The Morgan fingerprint density at radius 1 is 1.58 bits per heavy atom. The first-order chi connectivity index (χ1) is 5.65. The summed E-state index contributed by atoms with van der Waals surface area (Å²) in [4.78, 5) is 11.7. The molecule has 3 N–H and O–H groups in total. The summed E-state index contributed by atoms with van der Waals surface area (Å²) in [7, 11) is 1.58. The summed E-state index contributed by atoms with van der Waals surface area (Å²) in [5.41, 5.74) is 6.63. The van der Waals surface area contributed by atoms with E-state index in [4.69, 9.17) is 5.73 Å². The fourth-order valence-electron chi connectivity index (χ4n) is 0.875. The molecule has 0 aliphatic carbocycles. The van der Waals surface area contributed by atoms with Crippen LogP contribution in [-0.4, -0.2) is 13.0 Å². The second-order valence-electron chi connectivity index (χ2n) is 2.36. The van der Waals surface area contributed by atoms with Gasteiger partial charge in [0.2, 0.25) is 0 Å². The van der Waals surface area contributed by atoms with Crippen LogP contribution < -0.4 is 11.1 Å². The quantitative estimate of drug-likeness (QED) is 0.447. The van der Waals surface area contributed by atoms with Crippen LogP contribution in [0.25, 0.3) is 0 Å². The van der Waals surface area contributed by atoms with Crippen LogP contribution >= 0.6 is 12.6 Å². The molecule has 4 heteroatoms. The molecule has 0 unspecified atom stereocenters. The average molecular weight is 182 g/mol. The highest BCUT2D eigenvalue weighted by Gasteiger charge is 2.06. The smallest absolute Gasteiger partial charge is 0.252 e. The standard InChI is InChI=1S/C8H10N2OS/c1-10-8(11)6-3-2-5(9)4-7(6)12/h2-4,12H,9H2,1H3,(H,10,11). The van der Waals surface area contributed by atoms with Gasteiger partial charge in [0.05, 0.1) is 5.56 Å². The zero-order valence-corrected chi connectivity index (χ0v) is 7.56. The van der Waals surface area contributed by atoms with Gasteiger partial charge in [-0.2, -0.15) is 0 Å². The Kier molecular flexibility index (Phi) is 2.60. The number of rotatable bonds is 1. The van der Waals surface area contributed by atoms with Gasteiger partial charge in [-0.3, -0.25) is 4.79 Å². The number of hydrogen-bond acceptors (Lipinski definition) is 3. The average Bonchev–Trinajstić information content (AvgIpc) is 2.03. The first-order valence-corrected chi connectivity index (χ1v) is 3.90. The third kappa shape index (κ3) is 1.71. The zero-order valence-electron chi connectivity index (χ0n) is 6.66. The SMILES string of the molecule is CNC(=O)c1ccc(N)cc1S. The molecule has 12 heavy (non-hydrogen) atoms. The summed E-state index contributed by atoms with van der Waals surface area (Å²) in [6, 6.07) is 4.97. The number of thiol groups is 1. The minimum atomic E-state index is -0.153. The molecule has 0 aliphatic rings. The molecule has 0 aliphatic heterocycles. The number of carbonyl (C=O) groups is 1.